The molecule has 2 aliphatic carbocycles. The molecule has 3 N–H and O–H groups in total. The third-order valence-corrected chi connectivity index (χ3v) is 7.23. The van der Waals surface area contributed by atoms with Crippen LogP contribution in [0.5, 0.6) is 0 Å². The van der Waals surface area contributed by atoms with Gasteiger partial charge in [-0.25, -0.2) is 9.97 Å². The molecule has 29 heavy (non-hydrogen) atoms. The van der Waals surface area contributed by atoms with E-state index in [9.17, 15) is 9.59 Å². The van der Waals surface area contributed by atoms with Gasteiger partial charge in [-0.2, -0.15) is 0 Å². The van der Waals surface area contributed by atoms with Crippen LogP contribution in [0.15, 0.2) is 18.2 Å². The van der Waals surface area contributed by atoms with Crippen molar-refractivity contribution in [3.8, 4) is 11.3 Å². The number of aryl methyl sites for hydroxylation is 1. The second kappa shape index (κ2) is 5.55. The van der Waals surface area contributed by atoms with E-state index in [1.165, 1.54) is 12.0 Å². The maximum absolute atomic E-state index is 12.6. The molecule has 6 rings (SSSR count). The van der Waals surface area contributed by atoms with Gasteiger partial charge in [0.25, 0.3) is 0 Å². The number of anilines is 2. The number of aromatic nitrogens is 2. The highest BCUT2D eigenvalue weighted by Crippen LogP contribution is 2.60. The van der Waals surface area contributed by atoms with Crippen LogP contribution in [0.4, 0.5) is 11.6 Å². The molecule has 0 radical (unpaired) electrons. The Bertz CT molecular complexity index is 1100. The first-order valence-electron chi connectivity index (χ1n) is 10.4. The van der Waals surface area contributed by atoms with E-state index in [1.54, 1.807) is 0 Å². The van der Waals surface area contributed by atoms with E-state index >= 15 is 0 Å². The molecule has 2 amide bonds. The quantitative estimate of drug-likeness (QED) is 0.835. The van der Waals surface area contributed by atoms with Crippen LogP contribution in [0.3, 0.4) is 0 Å². The summed E-state index contributed by atoms with van der Waals surface area (Å²) in [7, 11) is 0. The largest absolute Gasteiger partial charge is 0.369 e. The van der Waals surface area contributed by atoms with Crippen molar-refractivity contribution >= 4 is 23.5 Å². The molecule has 1 saturated carbocycles. The summed E-state index contributed by atoms with van der Waals surface area (Å²) < 4.78 is 0. The zero-order chi connectivity index (χ0) is 19.9. The van der Waals surface area contributed by atoms with E-state index in [2.05, 4.69) is 17.1 Å². The minimum atomic E-state index is -0.789. The number of benzene rings is 1. The van der Waals surface area contributed by atoms with Gasteiger partial charge < -0.3 is 16.0 Å². The number of carbonyl (C=O) groups is 2. The summed E-state index contributed by atoms with van der Waals surface area (Å²) in [6, 6.07) is 6.46. The van der Waals surface area contributed by atoms with Gasteiger partial charge in [-0.3, -0.25) is 9.59 Å². The highest BCUT2D eigenvalue weighted by atomic mass is 16.2. The number of nitrogens with one attached hydrogen (secondary N) is 1. The molecule has 1 aromatic carbocycles. The Morgan fingerprint density at radius 1 is 1.31 bits per heavy atom. The Balaban J connectivity index is 1.48. The van der Waals surface area contributed by atoms with Crippen LogP contribution in [0.2, 0.25) is 0 Å². The number of primary amides is 1. The first-order valence-corrected chi connectivity index (χ1v) is 10.4. The van der Waals surface area contributed by atoms with E-state index in [4.69, 9.17) is 15.7 Å². The lowest BCUT2D eigenvalue weighted by Gasteiger charge is -2.39. The lowest BCUT2D eigenvalue weighted by Crippen LogP contribution is -2.46. The number of fused-ring (bicyclic) bond motifs is 3. The number of rotatable bonds is 3. The molecule has 1 saturated heterocycles. The summed E-state index contributed by atoms with van der Waals surface area (Å²) in [6.07, 6.45) is 4.71. The van der Waals surface area contributed by atoms with Crippen molar-refractivity contribution in [1.29, 1.82) is 0 Å². The lowest BCUT2D eigenvalue weighted by molar-refractivity contribution is -0.123. The fourth-order valence-corrected chi connectivity index (χ4v) is 5.28. The van der Waals surface area contributed by atoms with Gasteiger partial charge in [0.1, 0.15) is 0 Å². The third-order valence-electron chi connectivity index (χ3n) is 7.23. The Labute approximate surface area is 168 Å². The SMILES string of the molecule is C[C@H]1CCN1c1nc2c(c(-c3ccc4c(c3)[C@]3(C[C@@H]3C(N)=O)C(=O)N4)n1)CCC2. The summed E-state index contributed by atoms with van der Waals surface area (Å²) in [5.41, 5.74) is 10.7. The van der Waals surface area contributed by atoms with Crippen molar-refractivity contribution in [3.63, 3.8) is 0 Å². The van der Waals surface area contributed by atoms with Gasteiger partial charge >= 0.3 is 0 Å². The molecule has 2 aromatic rings. The molecule has 1 spiro atoms. The lowest BCUT2D eigenvalue weighted by atomic mass is 9.91. The van der Waals surface area contributed by atoms with Crippen LogP contribution in [-0.2, 0) is 27.8 Å². The van der Waals surface area contributed by atoms with Crippen LogP contribution in [0.25, 0.3) is 11.3 Å². The van der Waals surface area contributed by atoms with E-state index in [0.29, 0.717) is 12.5 Å². The van der Waals surface area contributed by atoms with E-state index < -0.39 is 17.2 Å². The maximum Gasteiger partial charge on any atom is 0.235 e. The van der Waals surface area contributed by atoms with Crippen molar-refractivity contribution < 1.29 is 9.59 Å². The highest BCUT2D eigenvalue weighted by molar-refractivity contribution is 6.13. The van der Waals surface area contributed by atoms with Crippen molar-refractivity contribution in [2.75, 3.05) is 16.8 Å². The monoisotopic (exact) mass is 389 g/mol. The summed E-state index contributed by atoms with van der Waals surface area (Å²) in [6.45, 7) is 3.19. The van der Waals surface area contributed by atoms with Crippen LogP contribution >= 0.6 is 0 Å². The zero-order valence-corrected chi connectivity index (χ0v) is 16.4. The molecule has 0 bridgehead atoms. The normalized spacial score (nSPS) is 28.7. The molecule has 0 unspecified atom stereocenters. The van der Waals surface area contributed by atoms with Crippen LogP contribution in [0.1, 0.15) is 43.0 Å². The predicted molar refractivity (Wildman–Crippen MR) is 109 cm³/mol. The summed E-state index contributed by atoms with van der Waals surface area (Å²) in [5.74, 6) is -0.135. The summed E-state index contributed by atoms with van der Waals surface area (Å²) in [5, 5.41) is 2.93. The molecule has 3 atom stereocenters. The van der Waals surface area contributed by atoms with Crippen molar-refractivity contribution in [2.45, 2.75) is 50.5 Å². The summed E-state index contributed by atoms with van der Waals surface area (Å²) >= 11 is 0. The van der Waals surface area contributed by atoms with Gasteiger partial charge in [-0.15, -0.1) is 0 Å². The van der Waals surface area contributed by atoms with Gasteiger partial charge in [0, 0.05) is 35.1 Å². The van der Waals surface area contributed by atoms with Gasteiger partial charge in [0.15, 0.2) is 0 Å². The van der Waals surface area contributed by atoms with Crippen LogP contribution < -0.4 is 16.0 Å². The first-order chi connectivity index (χ1) is 14.0. The van der Waals surface area contributed by atoms with Crippen molar-refractivity contribution in [2.24, 2.45) is 11.7 Å². The molecule has 7 nitrogen and oxygen atoms in total. The van der Waals surface area contributed by atoms with E-state index in [1.807, 2.05) is 18.2 Å². The van der Waals surface area contributed by atoms with E-state index in [-0.39, 0.29) is 5.91 Å². The average molecular weight is 389 g/mol. The Kier molecular flexibility index (Phi) is 3.25. The molecular weight excluding hydrogens is 366 g/mol. The number of hydrogen-bond acceptors (Lipinski definition) is 5. The standard InChI is InChI=1S/C22H23N5O2/c1-11-7-8-27(11)21-25-16-4-2-3-13(16)18(26-21)12-5-6-17-14(9-12)22(20(29)24-17)10-15(22)19(23)28/h5-6,9,11,15H,2-4,7-8,10H2,1H3,(H2,23,28)(H,24,29)/t11-,15+,22-/m0/s1. The molecule has 1 aromatic heterocycles. The smallest absolute Gasteiger partial charge is 0.235 e. The van der Waals surface area contributed by atoms with Crippen LogP contribution in [0, 0.1) is 5.92 Å². The molecule has 3 heterocycles. The Morgan fingerprint density at radius 3 is 2.86 bits per heavy atom. The maximum atomic E-state index is 12.6. The average Bonchev–Trinajstić information content (AvgIpc) is 3.18. The zero-order valence-electron chi connectivity index (χ0n) is 16.4. The fraction of sp³-hybridized carbons (Fsp3) is 0.455. The number of amides is 2. The first kappa shape index (κ1) is 16.9. The third kappa shape index (κ3) is 2.18. The van der Waals surface area contributed by atoms with E-state index in [0.717, 1.165) is 60.0 Å². The molecule has 2 fully saturated rings. The van der Waals surface area contributed by atoms with Gasteiger partial charge in [0.05, 0.1) is 17.0 Å². The van der Waals surface area contributed by atoms with Gasteiger partial charge in [-0.05, 0) is 56.7 Å². The van der Waals surface area contributed by atoms with Gasteiger partial charge in [-0.1, -0.05) is 6.07 Å². The Morgan fingerprint density at radius 2 is 2.17 bits per heavy atom. The second-order valence-corrected chi connectivity index (χ2v) is 8.83. The van der Waals surface area contributed by atoms with Crippen LogP contribution in [-0.4, -0.2) is 34.4 Å². The Hall–Kier alpha value is -2.96. The highest BCUT2D eigenvalue weighted by Gasteiger charge is 2.67. The van der Waals surface area contributed by atoms with Crippen molar-refractivity contribution in [3.05, 3.63) is 35.0 Å². The number of carbonyl (C=O) groups excluding carboxylic acids is 2. The second-order valence-electron chi connectivity index (χ2n) is 8.83. The van der Waals surface area contributed by atoms with Crippen molar-refractivity contribution in [1.82, 2.24) is 9.97 Å². The molecule has 2 aliphatic heterocycles. The summed E-state index contributed by atoms with van der Waals surface area (Å²) in [4.78, 5) is 36.5. The molecular formula is C22H23N5O2. The van der Waals surface area contributed by atoms with Gasteiger partial charge in [0.2, 0.25) is 17.8 Å². The fourth-order valence-electron chi connectivity index (χ4n) is 5.28. The number of nitrogens with two attached hydrogens (primary N) is 1. The number of nitrogens with zero attached hydrogens (tertiary/aromatic N) is 3. The molecule has 148 valence electrons. The molecule has 4 aliphatic rings. The number of hydrogen-bond donors (Lipinski definition) is 2. The minimum Gasteiger partial charge on any atom is -0.369 e. The topological polar surface area (TPSA) is 101 Å². The molecule has 7 heteroatoms. The minimum absolute atomic E-state index is 0.114. The predicted octanol–water partition coefficient (Wildman–Crippen LogP) is 1.93.